The number of nitrogens with two attached hydrogens (primary N) is 1. The molecule has 3 heteroatoms. The molecule has 1 aromatic heterocycles. The summed E-state index contributed by atoms with van der Waals surface area (Å²) in [6.45, 7) is 2.08. The van der Waals surface area contributed by atoms with Crippen LogP contribution in [0, 0.1) is 6.92 Å². The van der Waals surface area contributed by atoms with Gasteiger partial charge in [-0.25, -0.2) is 9.97 Å². The number of nitrogens with zero attached hydrogens (tertiary/aromatic N) is 2. The number of anilines is 1. The number of rotatable bonds is 2. The highest BCUT2D eigenvalue weighted by atomic mass is 14.9. The highest BCUT2D eigenvalue weighted by Crippen LogP contribution is 2.08. The molecule has 0 aliphatic carbocycles. The first-order chi connectivity index (χ1) is 7.24. The van der Waals surface area contributed by atoms with Gasteiger partial charge in [0.05, 0.1) is 18.1 Å². The summed E-state index contributed by atoms with van der Waals surface area (Å²) in [5, 5.41) is 0. The molecule has 0 fully saturated rings. The van der Waals surface area contributed by atoms with Crippen molar-refractivity contribution < 1.29 is 0 Å². The lowest BCUT2D eigenvalue weighted by atomic mass is 10.1. The Balaban J connectivity index is 2.18. The molecule has 0 unspecified atom stereocenters. The lowest BCUT2D eigenvalue weighted by molar-refractivity contribution is 0.969. The molecule has 0 bridgehead atoms. The number of benzene rings is 1. The lowest BCUT2D eigenvalue weighted by Gasteiger charge is -2.01. The Labute approximate surface area is 89.0 Å². The Morgan fingerprint density at radius 1 is 1.20 bits per heavy atom. The molecule has 0 radical (unpaired) electrons. The standard InChI is InChI=1S/C12H13N3/c1-9-3-2-4-10(5-9)6-12-14-7-11(13)8-15-12/h2-5,7-8H,6,13H2,1H3. The monoisotopic (exact) mass is 199 g/mol. The van der Waals surface area contributed by atoms with Gasteiger partial charge in [-0.2, -0.15) is 0 Å². The molecular weight excluding hydrogens is 186 g/mol. The van der Waals surface area contributed by atoms with Crippen LogP contribution >= 0.6 is 0 Å². The maximum Gasteiger partial charge on any atom is 0.132 e. The van der Waals surface area contributed by atoms with E-state index in [1.807, 2.05) is 6.07 Å². The summed E-state index contributed by atoms with van der Waals surface area (Å²) < 4.78 is 0. The average Bonchev–Trinajstić information content (AvgIpc) is 2.22. The van der Waals surface area contributed by atoms with Crippen molar-refractivity contribution in [2.45, 2.75) is 13.3 Å². The third kappa shape index (κ3) is 2.53. The summed E-state index contributed by atoms with van der Waals surface area (Å²) in [6.07, 6.45) is 4.03. The topological polar surface area (TPSA) is 51.8 Å². The van der Waals surface area contributed by atoms with E-state index in [0.717, 1.165) is 12.2 Å². The predicted octanol–water partition coefficient (Wildman–Crippen LogP) is 1.96. The SMILES string of the molecule is Cc1cccc(Cc2ncc(N)cn2)c1. The minimum atomic E-state index is 0.600. The normalized spacial score (nSPS) is 10.2. The average molecular weight is 199 g/mol. The lowest BCUT2D eigenvalue weighted by Crippen LogP contribution is -1.97. The van der Waals surface area contributed by atoms with Crippen LogP contribution in [0.3, 0.4) is 0 Å². The Kier molecular flexibility index (Phi) is 2.63. The van der Waals surface area contributed by atoms with Gasteiger partial charge in [0, 0.05) is 6.42 Å². The van der Waals surface area contributed by atoms with Gasteiger partial charge < -0.3 is 5.73 Å². The second kappa shape index (κ2) is 4.09. The molecular formula is C12H13N3. The second-order valence-corrected chi connectivity index (χ2v) is 3.60. The fourth-order valence-electron chi connectivity index (χ4n) is 1.46. The Morgan fingerprint density at radius 2 is 1.93 bits per heavy atom. The van der Waals surface area contributed by atoms with Gasteiger partial charge in [0.1, 0.15) is 5.82 Å². The molecule has 3 nitrogen and oxygen atoms in total. The van der Waals surface area contributed by atoms with E-state index in [0.29, 0.717) is 5.69 Å². The maximum absolute atomic E-state index is 5.52. The van der Waals surface area contributed by atoms with Crippen LogP contribution in [0.25, 0.3) is 0 Å². The van der Waals surface area contributed by atoms with Crippen LogP contribution < -0.4 is 5.73 Å². The zero-order valence-corrected chi connectivity index (χ0v) is 8.64. The largest absolute Gasteiger partial charge is 0.396 e. The number of aromatic nitrogens is 2. The second-order valence-electron chi connectivity index (χ2n) is 3.60. The molecule has 0 atom stereocenters. The molecule has 0 aliphatic heterocycles. The first kappa shape index (κ1) is 9.65. The zero-order valence-electron chi connectivity index (χ0n) is 8.64. The number of hydrogen-bond donors (Lipinski definition) is 1. The van der Waals surface area contributed by atoms with Crippen LogP contribution in [0.1, 0.15) is 17.0 Å². The molecule has 0 amide bonds. The van der Waals surface area contributed by atoms with Crippen molar-refractivity contribution >= 4 is 5.69 Å². The van der Waals surface area contributed by atoms with Crippen LogP contribution in [0.4, 0.5) is 5.69 Å². The van der Waals surface area contributed by atoms with Crippen molar-refractivity contribution in [2.75, 3.05) is 5.73 Å². The van der Waals surface area contributed by atoms with Gasteiger partial charge in [-0.1, -0.05) is 29.8 Å². The van der Waals surface area contributed by atoms with Gasteiger partial charge >= 0.3 is 0 Å². The van der Waals surface area contributed by atoms with Gasteiger partial charge in [-0.3, -0.25) is 0 Å². The summed E-state index contributed by atoms with van der Waals surface area (Å²) in [5.74, 6) is 0.801. The van der Waals surface area contributed by atoms with Crippen LogP contribution in [0.15, 0.2) is 36.7 Å². The van der Waals surface area contributed by atoms with Crippen molar-refractivity contribution in [2.24, 2.45) is 0 Å². The summed E-state index contributed by atoms with van der Waals surface area (Å²) in [5.41, 5.74) is 8.59. The van der Waals surface area contributed by atoms with E-state index in [1.165, 1.54) is 11.1 Å². The van der Waals surface area contributed by atoms with Gasteiger partial charge in [0.25, 0.3) is 0 Å². The molecule has 0 saturated carbocycles. The molecule has 2 rings (SSSR count). The van der Waals surface area contributed by atoms with E-state index >= 15 is 0 Å². The van der Waals surface area contributed by atoms with E-state index in [2.05, 4.69) is 35.1 Å². The molecule has 0 saturated heterocycles. The van der Waals surface area contributed by atoms with E-state index in [9.17, 15) is 0 Å². The highest BCUT2D eigenvalue weighted by molar-refractivity contribution is 5.31. The molecule has 0 spiro atoms. The van der Waals surface area contributed by atoms with Gasteiger partial charge in [0.2, 0.25) is 0 Å². The van der Waals surface area contributed by atoms with Crippen LogP contribution in [-0.2, 0) is 6.42 Å². The van der Waals surface area contributed by atoms with Crippen molar-refractivity contribution in [3.8, 4) is 0 Å². The van der Waals surface area contributed by atoms with Crippen LogP contribution in [-0.4, -0.2) is 9.97 Å². The molecule has 1 aromatic carbocycles. The molecule has 2 N–H and O–H groups in total. The smallest absolute Gasteiger partial charge is 0.132 e. The van der Waals surface area contributed by atoms with Gasteiger partial charge in [-0.15, -0.1) is 0 Å². The van der Waals surface area contributed by atoms with E-state index in [1.54, 1.807) is 12.4 Å². The van der Waals surface area contributed by atoms with Gasteiger partial charge in [-0.05, 0) is 12.5 Å². The third-order valence-electron chi connectivity index (χ3n) is 2.17. The first-order valence-corrected chi connectivity index (χ1v) is 4.86. The number of hydrogen-bond acceptors (Lipinski definition) is 3. The van der Waals surface area contributed by atoms with Crippen molar-refractivity contribution in [1.82, 2.24) is 9.97 Å². The van der Waals surface area contributed by atoms with Crippen molar-refractivity contribution in [3.63, 3.8) is 0 Å². The first-order valence-electron chi connectivity index (χ1n) is 4.86. The van der Waals surface area contributed by atoms with E-state index in [-0.39, 0.29) is 0 Å². The number of nitrogen functional groups attached to an aromatic ring is 1. The summed E-state index contributed by atoms with van der Waals surface area (Å²) in [6, 6.07) is 8.34. The molecule has 2 aromatic rings. The maximum atomic E-state index is 5.52. The minimum absolute atomic E-state index is 0.600. The zero-order chi connectivity index (χ0) is 10.7. The fourth-order valence-corrected chi connectivity index (χ4v) is 1.46. The third-order valence-corrected chi connectivity index (χ3v) is 2.17. The summed E-state index contributed by atoms with van der Waals surface area (Å²) >= 11 is 0. The molecule has 0 aliphatic rings. The van der Waals surface area contributed by atoms with Crippen LogP contribution in [0.2, 0.25) is 0 Å². The van der Waals surface area contributed by atoms with Crippen molar-refractivity contribution in [3.05, 3.63) is 53.6 Å². The quantitative estimate of drug-likeness (QED) is 0.804. The molecule has 76 valence electrons. The predicted molar refractivity (Wildman–Crippen MR) is 60.4 cm³/mol. The van der Waals surface area contributed by atoms with Crippen molar-refractivity contribution in [1.29, 1.82) is 0 Å². The fraction of sp³-hybridized carbons (Fsp3) is 0.167. The Hall–Kier alpha value is -1.90. The Morgan fingerprint density at radius 3 is 2.60 bits per heavy atom. The van der Waals surface area contributed by atoms with Gasteiger partial charge in [0.15, 0.2) is 0 Å². The van der Waals surface area contributed by atoms with E-state index < -0.39 is 0 Å². The summed E-state index contributed by atoms with van der Waals surface area (Å²) in [7, 11) is 0. The van der Waals surface area contributed by atoms with Crippen LogP contribution in [0.5, 0.6) is 0 Å². The minimum Gasteiger partial charge on any atom is -0.396 e. The summed E-state index contributed by atoms with van der Waals surface area (Å²) in [4.78, 5) is 8.33. The molecule has 1 heterocycles. The Bertz CT molecular complexity index is 449. The van der Waals surface area contributed by atoms with E-state index in [4.69, 9.17) is 5.73 Å². The number of aryl methyl sites for hydroxylation is 1. The highest BCUT2D eigenvalue weighted by Gasteiger charge is 1.98. The molecule has 15 heavy (non-hydrogen) atoms.